The molecule has 1 aromatic heterocycles. The molecule has 2 aliphatic rings. The lowest BCUT2D eigenvalue weighted by molar-refractivity contribution is -0.140. The third kappa shape index (κ3) is 5.67. The molecule has 2 amide bonds. The SMILES string of the molecule is CC(C)CCN1CCNC(=O)[C@H]1CC(=O)N1CCC(Oc2cccnc2)CC1. The average Bonchev–Trinajstić information content (AvgIpc) is 2.69. The van der Waals surface area contributed by atoms with E-state index in [1.165, 1.54) is 0 Å². The molecule has 7 heteroatoms. The van der Waals surface area contributed by atoms with Gasteiger partial charge in [-0.1, -0.05) is 13.8 Å². The Morgan fingerprint density at radius 2 is 2.11 bits per heavy atom. The molecule has 0 aliphatic carbocycles. The van der Waals surface area contributed by atoms with Crippen LogP contribution in [0.5, 0.6) is 5.75 Å². The zero-order chi connectivity index (χ0) is 19.9. The molecule has 0 saturated carbocycles. The molecule has 1 N–H and O–H groups in total. The molecule has 0 unspecified atom stereocenters. The quantitative estimate of drug-likeness (QED) is 0.769. The zero-order valence-electron chi connectivity index (χ0n) is 17.0. The normalized spacial score (nSPS) is 21.6. The molecule has 2 aliphatic heterocycles. The summed E-state index contributed by atoms with van der Waals surface area (Å²) >= 11 is 0. The number of nitrogens with one attached hydrogen (secondary N) is 1. The standard InChI is InChI=1S/C21H32N4O3/c1-16(2)5-10-24-13-9-23-21(27)19(24)14-20(26)25-11-6-17(7-12-25)28-18-4-3-8-22-15-18/h3-4,8,15-17,19H,5-7,9-14H2,1-2H3,(H,23,27)/t19-/m1/s1. The van der Waals surface area contributed by atoms with Gasteiger partial charge in [0, 0.05) is 45.2 Å². The van der Waals surface area contributed by atoms with Gasteiger partial charge in [-0.2, -0.15) is 0 Å². The van der Waals surface area contributed by atoms with Gasteiger partial charge in [0.15, 0.2) is 0 Å². The summed E-state index contributed by atoms with van der Waals surface area (Å²) in [5.41, 5.74) is 0. The van der Waals surface area contributed by atoms with E-state index in [1.807, 2.05) is 17.0 Å². The third-order valence-corrected chi connectivity index (χ3v) is 5.54. The van der Waals surface area contributed by atoms with Gasteiger partial charge in [-0.25, -0.2) is 0 Å². The molecule has 28 heavy (non-hydrogen) atoms. The Labute approximate surface area is 167 Å². The summed E-state index contributed by atoms with van der Waals surface area (Å²) in [6.07, 6.45) is 6.44. The van der Waals surface area contributed by atoms with Crippen LogP contribution in [0.4, 0.5) is 0 Å². The largest absolute Gasteiger partial charge is 0.489 e. The topological polar surface area (TPSA) is 74.8 Å². The van der Waals surface area contributed by atoms with Crippen molar-refractivity contribution >= 4 is 11.8 Å². The van der Waals surface area contributed by atoms with E-state index in [4.69, 9.17) is 4.74 Å². The van der Waals surface area contributed by atoms with Crippen molar-refractivity contribution in [2.24, 2.45) is 5.92 Å². The van der Waals surface area contributed by atoms with E-state index in [0.717, 1.165) is 38.1 Å². The van der Waals surface area contributed by atoms with Gasteiger partial charge in [-0.15, -0.1) is 0 Å². The van der Waals surface area contributed by atoms with Crippen LogP contribution in [0.1, 0.15) is 39.5 Å². The highest BCUT2D eigenvalue weighted by atomic mass is 16.5. The van der Waals surface area contributed by atoms with Crippen molar-refractivity contribution < 1.29 is 14.3 Å². The molecule has 7 nitrogen and oxygen atoms in total. The minimum absolute atomic E-state index is 0.0156. The van der Waals surface area contributed by atoms with Gasteiger partial charge in [-0.3, -0.25) is 19.5 Å². The number of piperidine rings is 1. The minimum Gasteiger partial charge on any atom is -0.489 e. The number of pyridine rings is 1. The first-order valence-corrected chi connectivity index (χ1v) is 10.4. The van der Waals surface area contributed by atoms with Crippen molar-refractivity contribution in [2.75, 3.05) is 32.7 Å². The van der Waals surface area contributed by atoms with Crippen molar-refractivity contribution in [2.45, 2.75) is 51.7 Å². The third-order valence-electron chi connectivity index (χ3n) is 5.54. The van der Waals surface area contributed by atoms with E-state index in [0.29, 0.717) is 25.6 Å². The molecular formula is C21H32N4O3. The number of hydrogen-bond acceptors (Lipinski definition) is 5. The van der Waals surface area contributed by atoms with Crippen LogP contribution in [0.3, 0.4) is 0 Å². The van der Waals surface area contributed by atoms with Crippen LogP contribution in [0.25, 0.3) is 0 Å². The van der Waals surface area contributed by atoms with Gasteiger partial charge in [-0.05, 0) is 31.0 Å². The van der Waals surface area contributed by atoms with Crippen LogP contribution in [0.2, 0.25) is 0 Å². The number of carbonyl (C=O) groups excluding carboxylic acids is 2. The molecule has 3 rings (SSSR count). The highest BCUT2D eigenvalue weighted by molar-refractivity contribution is 5.88. The maximum absolute atomic E-state index is 12.8. The molecule has 3 heterocycles. The number of ether oxygens (including phenoxy) is 1. The summed E-state index contributed by atoms with van der Waals surface area (Å²) in [4.78, 5) is 33.3. The van der Waals surface area contributed by atoms with Crippen LogP contribution in [-0.2, 0) is 9.59 Å². The molecule has 2 fully saturated rings. The minimum atomic E-state index is -0.343. The Kier molecular flexibility index (Phi) is 7.25. The van der Waals surface area contributed by atoms with Gasteiger partial charge in [0.2, 0.25) is 11.8 Å². The van der Waals surface area contributed by atoms with Gasteiger partial charge >= 0.3 is 0 Å². The summed E-state index contributed by atoms with van der Waals surface area (Å²) in [6.45, 7) is 8.05. The van der Waals surface area contributed by atoms with E-state index in [9.17, 15) is 9.59 Å². The summed E-state index contributed by atoms with van der Waals surface area (Å²) in [5.74, 6) is 1.40. The van der Waals surface area contributed by atoms with Crippen molar-refractivity contribution in [1.82, 2.24) is 20.1 Å². The highest BCUT2D eigenvalue weighted by Crippen LogP contribution is 2.20. The number of rotatable bonds is 7. The fourth-order valence-corrected chi connectivity index (χ4v) is 3.80. The number of hydrogen-bond donors (Lipinski definition) is 1. The first kappa shape index (κ1) is 20.6. The molecule has 1 atom stereocenters. The monoisotopic (exact) mass is 388 g/mol. The Balaban J connectivity index is 1.49. The molecule has 2 saturated heterocycles. The number of nitrogens with zero attached hydrogens (tertiary/aromatic N) is 3. The number of aromatic nitrogens is 1. The van der Waals surface area contributed by atoms with Gasteiger partial charge in [0.05, 0.1) is 18.7 Å². The Morgan fingerprint density at radius 1 is 1.32 bits per heavy atom. The average molecular weight is 389 g/mol. The molecular weight excluding hydrogens is 356 g/mol. The molecule has 0 spiro atoms. The van der Waals surface area contributed by atoms with E-state index in [-0.39, 0.29) is 30.4 Å². The van der Waals surface area contributed by atoms with Crippen LogP contribution >= 0.6 is 0 Å². The highest BCUT2D eigenvalue weighted by Gasteiger charge is 2.33. The Morgan fingerprint density at radius 3 is 2.79 bits per heavy atom. The smallest absolute Gasteiger partial charge is 0.237 e. The van der Waals surface area contributed by atoms with Crippen molar-refractivity contribution in [3.8, 4) is 5.75 Å². The summed E-state index contributed by atoms with van der Waals surface area (Å²) in [6, 6.07) is 3.41. The van der Waals surface area contributed by atoms with Crippen molar-refractivity contribution in [3.05, 3.63) is 24.5 Å². The van der Waals surface area contributed by atoms with E-state index < -0.39 is 0 Å². The zero-order valence-corrected chi connectivity index (χ0v) is 17.0. The molecule has 154 valence electrons. The first-order valence-electron chi connectivity index (χ1n) is 10.4. The van der Waals surface area contributed by atoms with Gasteiger partial charge < -0.3 is 15.0 Å². The number of amides is 2. The van der Waals surface area contributed by atoms with Crippen LogP contribution in [-0.4, -0.2) is 71.5 Å². The fraction of sp³-hybridized carbons (Fsp3) is 0.667. The lowest BCUT2D eigenvalue weighted by Crippen LogP contribution is -2.57. The second-order valence-electron chi connectivity index (χ2n) is 8.12. The summed E-state index contributed by atoms with van der Waals surface area (Å²) in [7, 11) is 0. The van der Waals surface area contributed by atoms with Gasteiger partial charge in [0.25, 0.3) is 0 Å². The summed E-state index contributed by atoms with van der Waals surface area (Å²) in [5, 5.41) is 2.92. The fourth-order valence-electron chi connectivity index (χ4n) is 3.80. The van der Waals surface area contributed by atoms with Crippen LogP contribution in [0.15, 0.2) is 24.5 Å². The lowest BCUT2D eigenvalue weighted by Gasteiger charge is -2.37. The van der Waals surface area contributed by atoms with E-state index >= 15 is 0 Å². The second-order valence-corrected chi connectivity index (χ2v) is 8.12. The van der Waals surface area contributed by atoms with Crippen molar-refractivity contribution in [3.63, 3.8) is 0 Å². The molecule has 1 aromatic rings. The Bertz CT molecular complexity index is 644. The molecule has 0 aromatic carbocycles. The predicted molar refractivity (Wildman–Crippen MR) is 107 cm³/mol. The van der Waals surface area contributed by atoms with E-state index in [1.54, 1.807) is 12.4 Å². The maximum atomic E-state index is 12.8. The number of carbonyl (C=O) groups is 2. The van der Waals surface area contributed by atoms with Crippen LogP contribution in [0, 0.1) is 5.92 Å². The number of piperazine rings is 1. The maximum Gasteiger partial charge on any atom is 0.237 e. The van der Waals surface area contributed by atoms with Crippen LogP contribution < -0.4 is 10.1 Å². The van der Waals surface area contributed by atoms with E-state index in [2.05, 4.69) is 29.0 Å². The van der Waals surface area contributed by atoms with Crippen molar-refractivity contribution in [1.29, 1.82) is 0 Å². The first-order chi connectivity index (χ1) is 13.5. The van der Waals surface area contributed by atoms with Gasteiger partial charge in [0.1, 0.15) is 11.9 Å². The predicted octanol–water partition coefficient (Wildman–Crippen LogP) is 1.69. The lowest BCUT2D eigenvalue weighted by atomic mass is 10.0. The Hall–Kier alpha value is -2.15. The molecule has 0 bridgehead atoms. The second kappa shape index (κ2) is 9.87. The molecule has 0 radical (unpaired) electrons. The summed E-state index contributed by atoms with van der Waals surface area (Å²) < 4.78 is 5.95. The number of likely N-dealkylation sites (tertiary alicyclic amines) is 1.